The van der Waals surface area contributed by atoms with Crippen molar-refractivity contribution in [1.29, 1.82) is 0 Å². The number of benzene rings is 11. The van der Waals surface area contributed by atoms with Crippen molar-refractivity contribution in [3.05, 3.63) is 278 Å². The first kappa shape index (κ1) is 43.0. The van der Waals surface area contributed by atoms with Crippen LogP contribution in [-0.4, -0.2) is 9.55 Å². The molecular formula is C70H50N2. The van der Waals surface area contributed by atoms with Crippen LogP contribution in [0.2, 0.25) is 0 Å². The molecule has 0 aliphatic heterocycles. The average molecular weight is 919 g/mol. The van der Waals surface area contributed by atoms with Crippen molar-refractivity contribution >= 4 is 33.5 Å². The number of fused-ring (bicyclic) bond motifs is 3. The molecule has 0 N–H and O–H groups in total. The van der Waals surface area contributed by atoms with Crippen LogP contribution >= 0.6 is 0 Å². The van der Waals surface area contributed by atoms with Crippen LogP contribution in [0, 0.1) is 5.92 Å². The van der Waals surface area contributed by atoms with Gasteiger partial charge >= 0.3 is 0 Å². The van der Waals surface area contributed by atoms with Gasteiger partial charge in [-0.2, -0.15) is 0 Å². The van der Waals surface area contributed by atoms with Gasteiger partial charge in [-0.25, -0.2) is 4.98 Å². The summed E-state index contributed by atoms with van der Waals surface area (Å²) in [6.07, 6.45) is 3.42. The molecule has 0 radical (unpaired) electrons. The summed E-state index contributed by atoms with van der Waals surface area (Å²) < 4.78 is 2.28. The number of nitrogens with zero attached hydrogens (tertiary/aromatic N) is 2. The van der Waals surface area contributed by atoms with Gasteiger partial charge in [0.2, 0.25) is 0 Å². The van der Waals surface area contributed by atoms with Crippen LogP contribution in [0.1, 0.15) is 23.6 Å². The minimum Gasteiger partial charge on any atom is -0.292 e. The Bertz CT molecular complexity index is 3850. The number of rotatable bonds is 9. The maximum Gasteiger partial charge on any atom is 0.145 e. The number of hydrogen-bond donors (Lipinski definition) is 0. The molecule has 1 aliphatic carbocycles. The minimum absolute atomic E-state index is 0.228. The molecule has 1 aliphatic rings. The van der Waals surface area contributed by atoms with Crippen molar-refractivity contribution in [3.8, 4) is 83.8 Å². The lowest BCUT2D eigenvalue weighted by atomic mass is 9.73. The van der Waals surface area contributed by atoms with Crippen LogP contribution in [-0.2, 0) is 6.42 Å². The standard InChI is InChI=1S/C70H50N2/c1-47-39-64-65(46-63(47)52-35-37-53(38-36-52)70-71-66-33-19-20-34-67(66)72(70)60-29-15-6-16-30-60)69(59-44-56(50-25-11-4-12-26-50)41-57(45-59)51-27-13-5-14-28-51)62-32-18-17-31-61(62)68(64)58-42-54(48-21-7-2-8-22-48)40-55(43-58)49-23-9-3-10-24-49/h2-38,40-47H,39H2,1H3. The molecule has 0 saturated heterocycles. The molecule has 0 fully saturated rings. The number of aromatic nitrogens is 2. The van der Waals surface area contributed by atoms with E-state index in [2.05, 4.69) is 278 Å². The van der Waals surface area contributed by atoms with Crippen molar-refractivity contribution in [2.45, 2.75) is 13.3 Å². The summed E-state index contributed by atoms with van der Waals surface area (Å²) in [6, 6.07) is 95.1. The number of hydrogen-bond acceptors (Lipinski definition) is 1. The predicted molar refractivity (Wildman–Crippen MR) is 304 cm³/mol. The molecule has 1 heterocycles. The smallest absolute Gasteiger partial charge is 0.145 e. The molecule has 1 aromatic heterocycles. The maximum absolute atomic E-state index is 5.22. The third-order valence-corrected chi connectivity index (χ3v) is 14.6. The van der Waals surface area contributed by atoms with E-state index in [0.29, 0.717) is 0 Å². The molecule has 0 saturated carbocycles. The summed E-state index contributed by atoms with van der Waals surface area (Å²) in [4.78, 5) is 5.22. The van der Waals surface area contributed by atoms with E-state index in [1.165, 1.54) is 99.8 Å². The quantitative estimate of drug-likeness (QED) is 0.141. The predicted octanol–water partition coefficient (Wildman–Crippen LogP) is 18.6. The van der Waals surface area contributed by atoms with Crippen LogP contribution < -0.4 is 0 Å². The molecular weight excluding hydrogens is 869 g/mol. The summed E-state index contributed by atoms with van der Waals surface area (Å²) in [5.74, 6) is 1.16. The van der Waals surface area contributed by atoms with Gasteiger partial charge < -0.3 is 0 Å². The van der Waals surface area contributed by atoms with Gasteiger partial charge in [0.25, 0.3) is 0 Å². The Morgan fingerprint density at radius 2 is 0.764 bits per heavy atom. The molecule has 12 aromatic rings. The largest absolute Gasteiger partial charge is 0.292 e. The van der Waals surface area contributed by atoms with E-state index in [1.54, 1.807) is 0 Å². The van der Waals surface area contributed by atoms with E-state index >= 15 is 0 Å². The fraction of sp³-hybridized carbons (Fsp3) is 0.0429. The maximum atomic E-state index is 5.22. The third-order valence-electron chi connectivity index (χ3n) is 14.6. The molecule has 11 aromatic carbocycles. The summed E-state index contributed by atoms with van der Waals surface area (Å²) in [7, 11) is 0. The average Bonchev–Trinajstić information content (AvgIpc) is 3.85. The zero-order chi connectivity index (χ0) is 48.0. The highest BCUT2D eigenvalue weighted by Gasteiger charge is 2.29. The van der Waals surface area contributed by atoms with Crippen molar-refractivity contribution < 1.29 is 0 Å². The van der Waals surface area contributed by atoms with Crippen LogP contribution in [0.25, 0.3) is 117 Å². The summed E-state index contributed by atoms with van der Waals surface area (Å²) >= 11 is 0. The monoisotopic (exact) mass is 918 g/mol. The van der Waals surface area contributed by atoms with Gasteiger partial charge in [0, 0.05) is 11.3 Å². The normalized spacial score (nSPS) is 13.2. The Hall–Kier alpha value is -9.11. The van der Waals surface area contributed by atoms with E-state index in [1.807, 2.05) is 0 Å². The van der Waals surface area contributed by atoms with Crippen molar-refractivity contribution in [3.63, 3.8) is 0 Å². The van der Waals surface area contributed by atoms with Crippen molar-refractivity contribution in [2.24, 2.45) is 5.92 Å². The Morgan fingerprint density at radius 1 is 0.361 bits per heavy atom. The molecule has 1 unspecified atom stereocenters. The van der Waals surface area contributed by atoms with Gasteiger partial charge in [0.05, 0.1) is 11.0 Å². The highest BCUT2D eigenvalue weighted by molar-refractivity contribution is 6.13. The lowest BCUT2D eigenvalue weighted by molar-refractivity contribution is 0.739. The third kappa shape index (κ3) is 7.84. The van der Waals surface area contributed by atoms with Gasteiger partial charge in [-0.3, -0.25) is 4.57 Å². The number of imidazole rings is 1. The van der Waals surface area contributed by atoms with Crippen LogP contribution in [0.15, 0.2) is 261 Å². The van der Waals surface area contributed by atoms with Gasteiger partial charge in [-0.15, -0.1) is 0 Å². The molecule has 0 bridgehead atoms. The molecule has 2 heteroatoms. The van der Waals surface area contributed by atoms with Crippen LogP contribution in [0.4, 0.5) is 0 Å². The zero-order valence-electron chi connectivity index (χ0n) is 40.1. The zero-order valence-corrected chi connectivity index (χ0v) is 40.1. The summed E-state index contributed by atoms with van der Waals surface area (Å²) in [6.45, 7) is 2.41. The Kier molecular flexibility index (Phi) is 10.9. The summed E-state index contributed by atoms with van der Waals surface area (Å²) in [5, 5.41) is 2.50. The second kappa shape index (κ2) is 18.3. The molecule has 1 atom stereocenters. The first-order chi connectivity index (χ1) is 35.6. The van der Waals surface area contributed by atoms with E-state index < -0.39 is 0 Å². The van der Waals surface area contributed by atoms with E-state index in [-0.39, 0.29) is 5.92 Å². The Labute approximate surface area is 421 Å². The number of allylic oxidation sites excluding steroid dienone is 1. The second-order valence-electron chi connectivity index (χ2n) is 19.1. The molecule has 340 valence electrons. The minimum atomic E-state index is 0.228. The van der Waals surface area contributed by atoms with Crippen LogP contribution in [0.5, 0.6) is 0 Å². The summed E-state index contributed by atoms with van der Waals surface area (Å²) in [5.41, 5.74) is 24.1. The van der Waals surface area contributed by atoms with Crippen molar-refractivity contribution in [2.75, 3.05) is 0 Å². The fourth-order valence-electron chi connectivity index (χ4n) is 11.2. The molecule has 0 amide bonds. The van der Waals surface area contributed by atoms with Gasteiger partial charge in [0.1, 0.15) is 5.82 Å². The fourth-order valence-corrected chi connectivity index (χ4v) is 11.2. The van der Waals surface area contributed by atoms with E-state index in [0.717, 1.165) is 34.5 Å². The van der Waals surface area contributed by atoms with E-state index in [9.17, 15) is 0 Å². The molecule has 2 nitrogen and oxygen atoms in total. The lowest BCUT2D eigenvalue weighted by Crippen LogP contribution is -2.12. The lowest BCUT2D eigenvalue weighted by Gasteiger charge is -2.30. The molecule has 72 heavy (non-hydrogen) atoms. The highest BCUT2D eigenvalue weighted by Crippen LogP contribution is 2.50. The van der Waals surface area contributed by atoms with Gasteiger partial charge in [-0.1, -0.05) is 207 Å². The second-order valence-corrected chi connectivity index (χ2v) is 19.1. The molecule has 0 spiro atoms. The Morgan fingerprint density at radius 3 is 1.28 bits per heavy atom. The Balaban J connectivity index is 1.06. The first-order valence-corrected chi connectivity index (χ1v) is 25.1. The number of para-hydroxylation sites is 3. The van der Waals surface area contributed by atoms with Crippen molar-refractivity contribution in [1.82, 2.24) is 9.55 Å². The first-order valence-electron chi connectivity index (χ1n) is 25.1. The SMILES string of the molecule is CC1Cc2c(c(-c3cc(-c4ccccc4)cc(-c4ccccc4)c3)c3ccccc3c2-c2cc(-c3ccccc3)cc(-c3ccccc3)c2)C=C1c1ccc(-c2nc3ccccc3n2-c2ccccc2)cc1. The topological polar surface area (TPSA) is 17.8 Å². The van der Waals surface area contributed by atoms with Gasteiger partial charge in [-0.05, 0) is 179 Å². The highest BCUT2D eigenvalue weighted by atomic mass is 15.1. The van der Waals surface area contributed by atoms with Crippen LogP contribution in [0.3, 0.4) is 0 Å². The van der Waals surface area contributed by atoms with Gasteiger partial charge in [0.15, 0.2) is 0 Å². The molecule has 13 rings (SSSR count). The van der Waals surface area contributed by atoms with E-state index in [4.69, 9.17) is 4.98 Å².